The van der Waals surface area contributed by atoms with Crippen molar-refractivity contribution in [3.05, 3.63) is 35.9 Å². The summed E-state index contributed by atoms with van der Waals surface area (Å²) in [7, 11) is 0. The SMILES string of the molecule is CC(C)c1ccccc1.CCCCO. The molecule has 0 amide bonds. The lowest BCUT2D eigenvalue weighted by molar-refractivity contribution is 0.287. The van der Waals surface area contributed by atoms with Gasteiger partial charge in [-0.15, -0.1) is 0 Å². The molecule has 80 valence electrons. The fraction of sp³-hybridized carbons (Fsp3) is 0.538. The summed E-state index contributed by atoms with van der Waals surface area (Å²) in [5.41, 5.74) is 1.41. The molecule has 0 saturated carbocycles. The van der Waals surface area contributed by atoms with E-state index in [0.29, 0.717) is 12.5 Å². The van der Waals surface area contributed by atoms with Crippen molar-refractivity contribution in [1.29, 1.82) is 0 Å². The molecule has 0 aliphatic heterocycles. The first kappa shape index (κ1) is 13.2. The second-order valence-electron chi connectivity index (χ2n) is 3.64. The monoisotopic (exact) mass is 194 g/mol. The Morgan fingerprint density at radius 2 is 1.71 bits per heavy atom. The zero-order chi connectivity index (χ0) is 10.8. The van der Waals surface area contributed by atoms with Crippen LogP contribution in [0.5, 0.6) is 0 Å². The third kappa shape index (κ3) is 6.67. The lowest BCUT2D eigenvalue weighted by Gasteiger charge is -2.01. The highest BCUT2D eigenvalue weighted by molar-refractivity contribution is 5.17. The topological polar surface area (TPSA) is 20.2 Å². The normalized spacial score (nSPS) is 9.50. The van der Waals surface area contributed by atoms with Crippen LogP contribution in [0.1, 0.15) is 45.1 Å². The predicted octanol–water partition coefficient (Wildman–Crippen LogP) is 3.59. The summed E-state index contributed by atoms with van der Waals surface area (Å²) >= 11 is 0. The minimum Gasteiger partial charge on any atom is -0.396 e. The van der Waals surface area contributed by atoms with Crippen LogP contribution in [0, 0.1) is 0 Å². The van der Waals surface area contributed by atoms with E-state index in [2.05, 4.69) is 45.0 Å². The smallest absolute Gasteiger partial charge is 0.0430 e. The molecule has 1 rings (SSSR count). The number of aliphatic hydroxyl groups is 1. The molecule has 1 nitrogen and oxygen atoms in total. The lowest BCUT2D eigenvalue weighted by atomic mass is 10.0. The molecule has 0 fully saturated rings. The highest BCUT2D eigenvalue weighted by atomic mass is 16.2. The first-order valence-electron chi connectivity index (χ1n) is 5.38. The Kier molecular flexibility index (Phi) is 8.25. The number of rotatable bonds is 3. The van der Waals surface area contributed by atoms with Crippen LogP contribution < -0.4 is 0 Å². The third-order valence-corrected chi connectivity index (χ3v) is 1.98. The van der Waals surface area contributed by atoms with Crippen LogP contribution in [0.4, 0.5) is 0 Å². The standard InChI is InChI=1S/C9H12.C4H10O/c1-8(2)9-6-4-3-5-7-9;1-2-3-4-5/h3-8H,1-2H3;5H,2-4H2,1H3. The van der Waals surface area contributed by atoms with Crippen LogP contribution in [-0.4, -0.2) is 11.7 Å². The predicted molar refractivity (Wildman–Crippen MR) is 62.5 cm³/mol. The van der Waals surface area contributed by atoms with E-state index in [0.717, 1.165) is 12.8 Å². The van der Waals surface area contributed by atoms with Crippen LogP contribution in [0.15, 0.2) is 30.3 Å². The van der Waals surface area contributed by atoms with E-state index in [1.54, 1.807) is 0 Å². The molecule has 1 aromatic carbocycles. The molecule has 0 bridgehead atoms. The molecule has 1 heteroatoms. The van der Waals surface area contributed by atoms with E-state index in [1.807, 2.05) is 6.07 Å². The van der Waals surface area contributed by atoms with Crippen LogP contribution in [0.3, 0.4) is 0 Å². The first-order chi connectivity index (χ1) is 6.72. The zero-order valence-corrected chi connectivity index (χ0v) is 9.53. The fourth-order valence-electron chi connectivity index (χ4n) is 0.996. The van der Waals surface area contributed by atoms with E-state index in [9.17, 15) is 0 Å². The molecule has 0 atom stereocenters. The van der Waals surface area contributed by atoms with Crippen molar-refractivity contribution in [2.75, 3.05) is 6.61 Å². The summed E-state index contributed by atoms with van der Waals surface area (Å²) < 4.78 is 0. The van der Waals surface area contributed by atoms with Gasteiger partial charge in [-0.1, -0.05) is 57.5 Å². The maximum absolute atomic E-state index is 8.07. The molecule has 1 aromatic rings. The summed E-state index contributed by atoms with van der Waals surface area (Å²) in [6, 6.07) is 10.5. The van der Waals surface area contributed by atoms with Gasteiger partial charge in [0.15, 0.2) is 0 Å². The third-order valence-electron chi connectivity index (χ3n) is 1.98. The molecular weight excluding hydrogens is 172 g/mol. The van der Waals surface area contributed by atoms with E-state index in [4.69, 9.17) is 5.11 Å². The highest BCUT2D eigenvalue weighted by Crippen LogP contribution is 2.11. The molecule has 0 aromatic heterocycles. The van der Waals surface area contributed by atoms with Crippen molar-refractivity contribution in [3.8, 4) is 0 Å². The molecule has 1 N–H and O–H groups in total. The number of unbranched alkanes of at least 4 members (excludes halogenated alkanes) is 1. The van der Waals surface area contributed by atoms with Crippen LogP contribution in [0.25, 0.3) is 0 Å². The molecule has 0 heterocycles. The molecule has 0 aliphatic rings. The number of benzene rings is 1. The van der Waals surface area contributed by atoms with Gasteiger partial charge in [0.25, 0.3) is 0 Å². The van der Waals surface area contributed by atoms with Gasteiger partial charge in [0.1, 0.15) is 0 Å². The van der Waals surface area contributed by atoms with Gasteiger partial charge in [0, 0.05) is 6.61 Å². The Bertz CT molecular complexity index is 202. The summed E-state index contributed by atoms with van der Waals surface area (Å²) in [6.07, 6.45) is 2.04. The number of hydrogen-bond donors (Lipinski definition) is 1. The van der Waals surface area contributed by atoms with Gasteiger partial charge < -0.3 is 5.11 Å². The van der Waals surface area contributed by atoms with Crippen molar-refractivity contribution in [1.82, 2.24) is 0 Å². The maximum atomic E-state index is 8.07. The van der Waals surface area contributed by atoms with Gasteiger partial charge in [-0.3, -0.25) is 0 Å². The van der Waals surface area contributed by atoms with Crippen molar-refractivity contribution >= 4 is 0 Å². The van der Waals surface area contributed by atoms with E-state index in [-0.39, 0.29) is 0 Å². The molecular formula is C13H22O. The van der Waals surface area contributed by atoms with Crippen molar-refractivity contribution in [2.45, 2.75) is 39.5 Å². The maximum Gasteiger partial charge on any atom is 0.0430 e. The quantitative estimate of drug-likeness (QED) is 0.779. The van der Waals surface area contributed by atoms with E-state index >= 15 is 0 Å². The summed E-state index contributed by atoms with van der Waals surface area (Å²) in [5, 5.41) is 8.07. The Balaban J connectivity index is 0.000000292. The lowest BCUT2D eigenvalue weighted by Crippen LogP contribution is -1.83. The molecule has 0 saturated heterocycles. The van der Waals surface area contributed by atoms with Crippen molar-refractivity contribution < 1.29 is 5.11 Å². The highest BCUT2D eigenvalue weighted by Gasteiger charge is 1.93. The Labute approximate surface area is 87.8 Å². The number of aliphatic hydroxyl groups excluding tert-OH is 1. The largest absolute Gasteiger partial charge is 0.396 e. The summed E-state index contributed by atoms with van der Waals surface area (Å²) in [5.74, 6) is 0.659. The number of hydrogen-bond acceptors (Lipinski definition) is 1. The molecule has 0 aliphatic carbocycles. The minimum absolute atomic E-state index is 0.344. The van der Waals surface area contributed by atoms with Gasteiger partial charge in [-0.2, -0.15) is 0 Å². The minimum atomic E-state index is 0.344. The molecule has 0 unspecified atom stereocenters. The van der Waals surface area contributed by atoms with E-state index in [1.165, 1.54) is 5.56 Å². The van der Waals surface area contributed by atoms with Crippen molar-refractivity contribution in [2.24, 2.45) is 0 Å². The average Bonchev–Trinajstić information content (AvgIpc) is 2.21. The van der Waals surface area contributed by atoms with Gasteiger partial charge in [0.2, 0.25) is 0 Å². The second kappa shape index (κ2) is 8.76. The first-order valence-corrected chi connectivity index (χ1v) is 5.38. The zero-order valence-electron chi connectivity index (χ0n) is 9.53. The van der Waals surface area contributed by atoms with Gasteiger partial charge in [-0.25, -0.2) is 0 Å². The summed E-state index contributed by atoms with van der Waals surface area (Å²) in [6.45, 7) is 6.80. The fourth-order valence-corrected chi connectivity index (χ4v) is 0.996. The molecule has 14 heavy (non-hydrogen) atoms. The molecule has 0 radical (unpaired) electrons. The van der Waals surface area contributed by atoms with Gasteiger partial charge in [0.05, 0.1) is 0 Å². The Morgan fingerprint density at radius 1 is 1.14 bits per heavy atom. The van der Waals surface area contributed by atoms with Gasteiger partial charge >= 0.3 is 0 Å². The Hall–Kier alpha value is -0.820. The second-order valence-corrected chi connectivity index (χ2v) is 3.64. The Morgan fingerprint density at radius 3 is 1.93 bits per heavy atom. The molecule has 0 spiro atoms. The van der Waals surface area contributed by atoms with Crippen molar-refractivity contribution in [3.63, 3.8) is 0 Å². The van der Waals surface area contributed by atoms with Gasteiger partial charge in [-0.05, 0) is 17.9 Å². The average molecular weight is 194 g/mol. The summed E-state index contributed by atoms with van der Waals surface area (Å²) in [4.78, 5) is 0. The van der Waals surface area contributed by atoms with Crippen LogP contribution >= 0.6 is 0 Å². The van der Waals surface area contributed by atoms with Crippen LogP contribution in [-0.2, 0) is 0 Å². The van der Waals surface area contributed by atoms with E-state index < -0.39 is 0 Å². The van der Waals surface area contributed by atoms with Crippen LogP contribution in [0.2, 0.25) is 0 Å².